The normalized spacial score (nSPS) is 13.7. The number of carbonyl (C=O) groups is 2. The van der Waals surface area contributed by atoms with Gasteiger partial charge in [-0.25, -0.2) is 4.39 Å². The number of rotatable bonds is 6. The molecule has 0 saturated carbocycles. The van der Waals surface area contributed by atoms with Crippen LogP contribution in [-0.2, 0) is 16.1 Å². The minimum Gasteiger partial charge on any atom is -0.496 e. The van der Waals surface area contributed by atoms with E-state index in [0.717, 1.165) is 5.56 Å². The monoisotopic (exact) mass is 402 g/mol. The number of amides is 2. The number of methoxy groups -OCH3 is 1. The minimum atomic E-state index is -0.478. The van der Waals surface area contributed by atoms with Gasteiger partial charge in [0.2, 0.25) is 0 Å². The van der Waals surface area contributed by atoms with Gasteiger partial charge < -0.3 is 10.1 Å². The topological polar surface area (TPSA) is 58.6 Å². The third-order valence-electron chi connectivity index (χ3n) is 4.82. The Labute approximate surface area is 173 Å². The van der Waals surface area contributed by atoms with Gasteiger partial charge in [0.15, 0.2) is 0 Å². The van der Waals surface area contributed by atoms with E-state index in [1.54, 1.807) is 30.3 Å². The van der Waals surface area contributed by atoms with Crippen molar-refractivity contribution < 1.29 is 18.7 Å². The van der Waals surface area contributed by atoms with E-state index in [1.165, 1.54) is 30.2 Å². The summed E-state index contributed by atoms with van der Waals surface area (Å²) in [5.41, 5.74) is 1.97. The fourth-order valence-electron chi connectivity index (χ4n) is 3.41. The van der Waals surface area contributed by atoms with Gasteiger partial charge in [0, 0.05) is 11.3 Å². The van der Waals surface area contributed by atoms with Crippen molar-refractivity contribution in [1.82, 2.24) is 4.90 Å². The number of nitrogens with zero attached hydrogens (tertiary/aromatic N) is 1. The van der Waals surface area contributed by atoms with E-state index >= 15 is 0 Å². The number of halogens is 1. The number of para-hydroxylation sites is 1. The molecule has 0 spiro atoms. The first-order valence-corrected chi connectivity index (χ1v) is 9.39. The summed E-state index contributed by atoms with van der Waals surface area (Å²) in [7, 11) is 1.50. The Morgan fingerprint density at radius 1 is 0.900 bits per heavy atom. The number of anilines is 1. The second-order valence-corrected chi connectivity index (χ2v) is 6.77. The number of nitrogens with one attached hydrogen (secondary N) is 1. The maximum absolute atomic E-state index is 13.7. The van der Waals surface area contributed by atoms with Crippen LogP contribution in [-0.4, -0.2) is 23.8 Å². The summed E-state index contributed by atoms with van der Waals surface area (Å²) in [6.07, 6.45) is 0. The Morgan fingerprint density at radius 2 is 1.63 bits per heavy atom. The highest BCUT2D eigenvalue weighted by Crippen LogP contribution is 2.35. The first-order valence-electron chi connectivity index (χ1n) is 9.39. The predicted octanol–water partition coefficient (Wildman–Crippen LogP) is 4.23. The van der Waals surface area contributed by atoms with Crippen molar-refractivity contribution in [3.05, 3.63) is 102 Å². The van der Waals surface area contributed by atoms with Gasteiger partial charge in [0.25, 0.3) is 11.8 Å². The molecule has 4 rings (SSSR count). The van der Waals surface area contributed by atoms with E-state index in [0.29, 0.717) is 17.0 Å². The molecule has 3 aromatic carbocycles. The van der Waals surface area contributed by atoms with Crippen molar-refractivity contribution >= 4 is 23.1 Å². The molecule has 6 heteroatoms. The van der Waals surface area contributed by atoms with Crippen molar-refractivity contribution in [2.75, 3.05) is 12.4 Å². The summed E-state index contributed by atoms with van der Waals surface area (Å²) in [6, 6.07) is 22.0. The molecule has 0 atom stereocenters. The highest BCUT2D eigenvalue weighted by molar-refractivity contribution is 6.36. The molecule has 1 aliphatic heterocycles. The van der Waals surface area contributed by atoms with Crippen LogP contribution in [0.1, 0.15) is 11.1 Å². The fourth-order valence-corrected chi connectivity index (χ4v) is 3.41. The maximum atomic E-state index is 13.7. The molecule has 0 radical (unpaired) electrons. The summed E-state index contributed by atoms with van der Waals surface area (Å²) < 4.78 is 19.1. The molecule has 150 valence electrons. The van der Waals surface area contributed by atoms with Crippen molar-refractivity contribution in [2.24, 2.45) is 0 Å². The van der Waals surface area contributed by atoms with Gasteiger partial charge in [-0.3, -0.25) is 14.5 Å². The van der Waals surface area contributed by atoms with Crippen molar-refractivity contribution in [1.29, 1.82) is 0 Å². The Kier molecular flexibility index (Phi) is 5.30. The van der Waals surface area contributed by atoms with Gasteiger partial charge in [-0.2, -0.15) is 0 Å². The average molecular weight is 402 g/mol. The van der Waals surface area contributed by atoms with Gasteiger partial charge in [0.1, 0.15) is 17.3 Å². The van der Waals surface area contributed by atoms with Crippen LogP contribution in [0.4, 0.5) is 10.1 Å². The number of ether oxygens (including phenoxy) is 1. The summed E-state index contributed by atoms with van der Waals surface area (Å²) >= 11 is 0. The summed E-state index contributed by atoms with van der Waals surface area (Å²) in [6.45, 7) is 0.130. The minimum absolute atomic E-state index is 0.0889. The first kappa shape index (κ1) is 19.4. The fraction of sp³-hybridized carbons (Fsp3) is 0.0833. The summed E-state index contributed by atoms with van der Waals surface area (Å²) in [5, 5.41) is 2.95. The molecule has 0 bridgehead atoms. The molecule has 0 aromatic heterocycles. The highest BCUT2D eigenvalue weighted by Gasteiger charge is 2.40. The smallest absolute Gasteiger partial charge is 0.278 e. The van der Waals surface area contributed by atoms with Crippen LogP contribution in [0, 0.1) is 5.82 Å². The lowest BCUT2D eigenvalue weighted by molar-refractivity contribution is -0.137. The van der Waals surface area contributed by atoms with Gasteiger partial charge >= 0.3 is 0 Å². The third-order valence-corrected chi connectivity index (χ3v) is 4.82. The molecule has 0 unspecified atom stereocenters. The van der Waals surface area contributed by atoms with Crippen LogP contribution in [0.25, 0.3) is 5.57 Å². The Balaban J connectivity index is 1.79. The SMILES string of the molecule is COc1ccccc1C1=C(Nc2cccc(F)c2)C(=O)N(Cc2ccccc2)C1=O. The lowest BCUT2D eigenvalue weighted by Crippen LogP contribution is -2.32. The number of benzene rings is 3. The van der Waals surface area contributed by atoms with Gasteiger partial charge in [-0.1, -0.05) is 54.6 Å². The molecule has 0 aliphatic carbocycles. The van der Waals surface area contributed by atoms with E-state index in [4.69, 9.17) is 4.74 Å². The van der Waals surface area contributed by atoms with E-state index in [1.807, 2.05) is 30.3 Å². The molecule has 5 nitrogen and oxygen atoms in total. The second-order valence-electron chi connectivity index (χ2n) is 6.77. The molecular formula is C24H19FN2O3. The zero-order valence-electron chi connectivity index (χ0n) is 16.3. The zero-order chi connectivity index (χ0) is 21.1. The molecular weight excluding hydrogens is 383 g/mol. The number of hydrogen-bond donors (Lipinski definition) is 1. The van der Waals surface area contributed by atoms with Crippen LogP contribution >= 0.6 is 0 Å². The van der Waals surface area contributed by atoms with Gasteiger partial charge in [0.05, 0.1) is 19.2 Å². The molecule has 0 fully saturated rings. The highest BCUT2D eigenvalue weighted by atomic mass is 19.1. The summed E-state index contributed by atoms with van der Waals surface area (Å²) in [4.78, 5) is 27.8. The van der Waals surface area contributed by atoms with E-state index < -0.39 is 17.6 Å². The standard InChI is InChI=1S/C24H19FN2O3/c1-30-20-13-6-5-12-19(20)21-22(26-18-11-7-10-17(25)14-18)24(29)27(23(21)28)15-16-8-3-2-4-9-16/h2-14,26H,15H2,1H3. The van der Waals surface area contributed by atoms with E-state index in [9.17, 15) is 14.0 Å². The summed E-state index contributed by atoms with van der Waals surface area (Å²) in [5.74, 6) is -0.896. The quantitative estimate of drug-likeness (QED) is 0.627. The molecule has 2 amide bonds. The van der Waals surface area contributed by atoms with Crippen molar-refractivity contribution in [3.8, 4) is 5.75 Å². The Morgan fingerprint density at radius 3 is 2.37 bits per heavy atom. The first-order chi connectivity index (χ1) is 14.6. The van der Waals surface area contributed by atoms with Crippen LogP contribution in [0.3, 0.4) is 0 Å². The van der Waals surface area contributed by atoms with Gasteiger partial charge in [-0.15, -0.1) is 0 Å². The van der Waals surface area contributed by atoms with Crippen LogP contribution in [0.5, 0.6) is 5.75 Å². The van der Waals surface area contributed by atoms with Crippen LogP contribution in [0.15, 0.2) is 84.6 Å². The Bertz CT molecular complexity index is 1140. The van der Waals surface area contributed by atoms with Crippen LogP contribution in [0.2, 0.25) is 0 Å². The van der Waals surface area contributed by atoms with Crippen LogP contribution < -0.4 is 10.1 Å². The largest absolute Gasteiger partial charge is 0.496 e. The third kappa shape index (κ3) is 3.67. The number of hydrogen-bond acceptors (Lipinski definition) is 4. The van der Waals surface area contributed by atoms with Crippen molar-refractivity contribution in [3.63, 3.8) is 0 Å². The van der Waals surface area contributed by atoms with E-state index in [-0.39, 0.29) is 17.8 Å². The molecule has 1 heterocycles. The molecule has 3 aromatic rings. The van der Waals surface area contributed by atoms with Crippen molar-refractivity contribution in [2.45, 2.75) is 6.54 Å². The number of carbonyl (C=O) groups excluding carboxylic acids is 2. The molecule has 1 N–H and O–H groups in total. The lowest BCUT2D eigenvalue weighted by Gasteiger charge is -2.15. The average Bonchev–Trinajstić information content (AvgIpc) is 2.98. The Hall–Kier alpha value is -3.93. The second kappa shape index (κ2) is 8.21. The maximum Gasteiger partial charge on any atom is 0.278 e. The van der Waals surface area contributed by atoms with E-state index in [2.05, 4.69) is 5.32 Å². The molecule has 0 saturated heterocycles. The predicted molar refractivity (Wildman–Crippen MR) is 112 cm³/mol. The molecule has 30 heavy (non-hydrogen) atoms. The zero-order valence-corrected chi connectivity index (χ0v) is 16.3. The van der Waals surface area contributed by atoms with Gasteiger partial charge in [-0.05, 0) is 29.8 Å². The lowest BCUT2D eigenvalue weighted by atomic mass is 10.0. The molecule has 1 aliphatic rings. The number of imide groups is 1.